The molecule has 1 aliphatic carbocycles. The van der Waals surface area contributed by atoms with E-state index in [2.05, 4.69) is 0 Å². The molecule has 2 rings (SSSR count). The zero-order valence-electron chi connectivity index (χ0n) is 14.2. The van der Waals surface area contributed by atoms with Crippen LogP contribution in [0.15, 0.2) is 24.3 Å². The highest BCUT2D eigenvalue weighted by Gasteiger charge is 2.26. The van der Waals surface area contributed by atoms with E-state index in [-0.39, 0.29) is 24.3 Å². The zero-order chi connectivity index (χ0) is 16.7. The Morgan fingerprint density at radius 1 is 1.09 bits per heavy atom. The molecule has 1 amide bonds. The van der Waals surface area contributed by atoms with Gasteiger partial charge < -0.3 is 9.64 Å². The van der Waals surface area contributed by atoms with Crippen LogP contribution in [0.4, 0.5) is 0 Å². The van der Waals surface area contributed by atoms with Crippen LogP contribution in [-0.4, -0.2) is 36.5 Å². The van der Waals surface area contributed by atoms with E-state index in [0.29, 0.717) is 12.1 Å². The molecule has 23 heavy (non-hydrogen) atoms. The summed E-state index contributed by atoms with van der Waals surface area (Å²) in [5.74, 6) is -0.235. The lowest BCUT2D eigenvalue weighted by Crippen LogP contribution is -2.41. The van der Waals surface area contributed by atoms with Gasteiger partial charge in [0, 0.05) is 18.2 Å². The predicted octanol–water partition coefficient (Wildman–Crippen LogP) is 3.72. The van der Waals surface area contributed by atoms with Crippen molar-refractivity contribution in [2.24, 2.45) is 0 Å². The molecule has 0 atom stereocenters. The Morgan fingerprint density at radius 3 is 2.26 bits per heavy atom. The number of ether oxygens (including phenoxy) is 1. The first kappa shape index (κ1) is 17.5. The van der Waals surface area contributed by atoms with Crippen molar-refractivity contribution in [3.8, 4) is 0 Å². The maximum atomic E-state index is 12.9. The van der Waals surface area contributed by atoms with Crippen molar-refractivity contribution in [2.45, 2.75) is 57.9 Å². The lowest BCUT2D eigenvalue weighted by molar-refractivity contribution is -0.140. The summed E-state index contributed by atoms with van der Waals surface area (Å²) >= 11 is 0. The standard InChI is InChI=1S/C19H27NO3/c1-15-9-11-16(12-10-15)19(22)20(14-13-18(21)23-2)17-7-5-3-4-6-8-17/h9-12,17H,3-8,13-14H2,1-2H3. The monoisotopic (exact) mass is 317 g/mol. The number of hydrogen-bond acceptors (Lipinski definition) is 3. The molecule has 0 N–H and O–H groups in total. The number of benzene rings is 1. The van der Waals surface area contributed by atoms with Crippen LogP contribution >= 0.6 is 0 Å². The quantitative estimate of drug-likeness (QED) is 0.614. The number of esters is 1. The number of carbonyl (C=O) groups is 2. The third-order valence-corrected chi connectivity index (χ3v) is 4.61. The van der Waals surface area contributed by atoms with Gasteiger partial charge in [-0.25, -0.2) is 0 Å². The Kier molecular flexibility index (Phi) is 6.63. The Labute approximate surface area is 138 Å². The molecule has 0 saturated heterocycles. The lowest BCUT2D eigenvalue weighted by atomic mass is 10.0. The van der Waals surface area contributed by atoms with E-state index in [0.717, 1.165) is 31.2 Å². The fourth-order valence-corrected chi connectivity index (χ4v) is 3.20. The molecule has 0 heterocycles. The normalized spacial score (nSPS) is 15.7. The van der Waals surface area contributed by atoms with Gasteiger partial charge in [-0.05, 0) is 31.9 Å². The third kappa shape index (κ3) is 5.08. The molecule has 0 unspecified atom stereocenters. The lowest BCUT2D eigenvalue weighted by Gasteiger charge is -2.31. The van der Waals surface area contributed by atoms with Gasteiger partial charge in [-0.3, -0.25) is 9.59 Å². The van der Waals surface area contributed by atoms with Crippen molar-refractivity contribution < 1.29 is 14.3 Å². The highest BCUT2D eigenvalue weighted by molar-refractivity contribution is 5.94. The van der Waals surface area contributed by atoms with E-state index in [1.54, 1.807) is 0 Å². The van der Waals surface area contributed by atoms with Crippen molar-refractivity contribution >= 4 is 11.9 Å². The Balaban J connectivity index is 2.14. The van der Waals surface area contributed by atoms with Gasteiger partial charge in [0.1, 0.15) is 0 Å². The molecule has 0 spiro atoms. The molecule has 1 aromatic rings. The van der Waals surface area contributed by atoms with E-state index in [1.807, 2.05) is 36.1 Å². The van der Waals surface area contributed by atoms with Crippen molar-refractivity contribution in [3.05, 3.63) is 35.4 Å². The molecule has 1 aliphatic rings. The Bertz CT molecular complexity index is 516. The van der Waals surface area contributed by atoms with Crippen molar-refractivity contribution in [1.82, 2.24) is 4.90 Å². The first-order chi connectivity index (χ1) is 11.1. The smallest absolute Gasteiger partial charge is 0.307 e. The van der Waals surface area contributed by atoms with Gasteiger partial charge in [0.05, 0.1) is 13.5 Å². The van der Waals surface area contributed by atoms with Crippen molar-refractivity contribution in [1.29, 1.82) is 0 Å². The van der Waals surface area contributed by atoms with Crippen LogP contribution in [0.25, 0.3) is 0 Å². The minimum absolute atomic E-state index is 0.0285. The van der Waals surface area contributed by atoms with Crippen LogP contribution in [0.1, 0.15) is 60.9 Å². The SMILES string of the molecule is COC(=O)CCN(C(=O)c1ccc(C)cc1)C1CCCCCC1. The minimum atomic E-state index is -0.264. The van der Waals surface area contributed by atoms with Crippen molar-refractivity contribution in [2.75, 3.05) is 13.7 Å². The Hall–Kier alpha value is -1.84. The molecule has 4 nitrogen and oxygen atoms in total. The van der Waals surface area contributed by atoms with Crippen molar-refractivity contribution in [3.63, 3.8) is 0 Å². The van der Waals surface area contributed by atoms with Gasteiger partial charge in [0.15, 0.2) is 0 Å². The number of nitrogens with zero attached hydrogens (tertiary/aromatic N) is 1. The number of aryl methyl sites for hydroxylation is 1. The molecule has 0 radical (unpaired) electrons. The summed E-state index contributed by atoms with van der Waals surface area (Å²) < 4.78 is 4.74. The van der Waals surface area contributed by atoms with Gasteiger partial charge in [0.2, 0.25) is 0 Å². The minimum Gasteiger partial charge on any atom is -0.469 e. The van der Waals surface area contributed by atoms with Crippen LogP contribution in [0.5, 0.6) is 0 Å². The molecule has 4 heteroatoms. The average Bonchev–Trinajstić information content (AvgIpc) is 2.84. The topological polar surface area (TPSA) is 46.6 Å². The summed E-state index contributed by atoms with van der Waals surface area (Å²) in [5, 5.41) is 0. The summed E-state index contributed by atoms with van der Waals surface area (Å²) in [6.45, 7) is 2.44. The second-order valence-corrected chi connectivity index (χ2v) is 6.34. The second kappa shape index (κ2) is 8.70. The number of amides is 1. The highest BCUT2D eigenvalue weighted by atomic mass is 16.5. The van der Waals surface area contributed by atoms with Gasteiger partial charge in [-0.1, -0.05) is 43.4 Å². The number of methoxy groups -OCH3 is 1. The summed E-state index contributed by atoms with van der Waals surface area (Å²) in [6.07, 6.45) is 7.09. The van der Waals surface area contributed by atoms with Crippen LogP contribution in [0.2, 0.25) is 0 Å². The van der Waals surface area contributed by atoms with Crippen LogP contribution in [0, 0.1) is 6.92 Å². The molecule has 1 saturated carbocycles. The molecule has 1 fully saturated rings. The number of hydrogen-bond donors (Lipinski definition) is 0. The Morgan fingerprint density at radius 2 is 1.70 bits per heavy atom. The largest absolute Gasteiger partial charge is 0.469 e. The van der Waals surface area contributed by atoms with Crippen LogP contribution < -0.4 is 0 Å². The molecular weight excluding hydrogens is 290 g/mol. The maximum Gasteiger partial charge on any atom is 0.307 e. The molecule has 126 valence electrons. The number of carbonyl (C=O) groups excluding carboxylic acids is 2. The first-order valence-corrected chi connectivity index (χ1v) is 8.56. The molecule has 1 aromatic carbocycles. The van der Waals surface area contributed by atoms with Gasteiger partial charge in [-0.2, -0.15) is 0 Å². The second-order valence-electron chi connectivity index (χ2n) is 6.34. The fraction of sp³-hybridized carbons (Fsp3) is 0.579. The van der Waals surface area contributed by atoms with E-state index in [4.69, 9.17) is 4.74 Å². The van der Waals surface area contributed by atoms with Gasteiger partial charge in [0.25, 0.3) is 5.91 Å². The summed E-state index contributed by atoms with van der Waals surface area (Å²) in [7, 11) is 1.39. The maximum absolute atomic E-state index is 12.9. The summed E-state index contributed by atoms with van der Waals surface area (Å²) in [4.78, 5) is 26.3. The number of rotatable bonds is 5. The average molecular weight is 317 g/mol. The van der Waals surface area contributed by atoms with E-state index < -0.39 is 0 Å². The fourth-order valence-electron chi connectivity index (χ4n) is 3.20. The predicted molar refractivity (Wildman–Crippen MR) is 90.3 cm³/mol. The van der Waals surface area contributed by atoms with E-state index >= 15 is 0 Å². The van der Waals surface area contributed by atoms with Gasteiger partial charge in [-0.15, -0.1) is 0 Å². The van der Waals surface area contributed by atoms with E-state index in [9.17, 15) is 9.59 Å². The summed E-state index contributed by atoms with van der Waals surface area (Å²) in [6, 6.07) is 7.90. The molecular formula is C19H27NO3. The van der Waals surface area contributed by atoms with Crippen LogP contribution in [0.3, 0.4) is 0 Å². The molecule has 0 aromatic heterocycles. The van der Waals surface area contributed by atoms with E-state index in [1.165, 1.54) is 20.0 Å². The third-order valence-electron chi connectivity index (χ3n) is 4.61. The van der Waals surface area contributed by atoms with Crippen LogP contribution in [-0.2, 0) is 9.53 Å². The summed E-state index contributed by atoms with van der Waals surface area (Å²) in [5.41, 5.74) is 1.84. The zero-order valence-corrected chi connectivity index (χ0v) is 14.2. The first-order valence-electron chi connectivity index (χ1n) is 8.56. The van der Waals surface area contributed by atoms with Gasteiger partial charge >= 0.3 is 5.97 Å². The molecule has 0 bridgehead atoms. The highest BCUT2D eigenvalue weighted by Crippen LogP contribution is 2.24. The molecule has 0 aliphatic heterocycles.